The van der Waals surface area contributed by atoms with Crippen LogP contribution in [0, 0.1) is 5.92 Å². The van der Waals surface area contributed by atoms with Crippen LogP contribution in [0.3, 0.4) is 0 Å². The Bertz CT molecular complexity index is 1130. The van der Waals surface area contributed by atoms with E-state index in [1.54, 1.807) is 4.90 Å². The fourth-order valence-electron chi connectivity index (χ4n) is 5.26. The van der Waals surface area contributed by atoms with Crippen molar-refractivity contribution in [1.82, 2.24) is 10.2 Å². The van der Waals surface area contributed by atoms with E-state index in [1.165, 1.54) is 0 Å². The number of aryl methyl sites for hydroxylation is 1. The monoisotopic (exact) mass is 520 g/mol. The average Bonchev–Trinajstić information content (AvgIpc) is 3.34. The minimum absolute atomic E-state index is 0.0543. The SMILES string of the molecule is O=C1N[C@H](C(=O)O)CCCCOc2cccc(c2)C[C@H](N2CCCC2=O)C(=O)C[C@H]1CCc1ccccc1. The quantitative estimate of drug-likeness (QED) is 0.623. The molecule has 2 aliphatic heterocycles. The predicted molar refractivity (Wildman–Crippen MR) is 142 cm³/mol. The third-order valence-electron chi connectivity index (χ3n) is 7.40. The first kappa shape index (κ1) is 27.4. The molecule has 2 bridgehead atoms. The van der Waals surface area contributed by atoms with Crippen LogP contribution in [0.5, 0.6) is 5.75 Å². The number of carbonyl (C=O) groups is 4. The number of carboxylic acids is 1. The molecule has 2 aliphatic rings. The van der Waals surface area contributed by atoms with Gasteiger partial charge in [0.15, 0.2) is 5.78 Å². The summed E-state index contributed by atoms with van der Waals surface area (Å²) in [6, 6.07) is 15.5. The molecule has 0 unspecified atom stereocenters. The number of ether oxygens (including phenoxy) is 1. The third-order valence-corrected chi connectivity index (χ3v) is 7.40. The Morgan fingerprint density at radius 3 is 2.55 bits per heavy atom. The highest BCUT2D eigenvalue weighted by Crippen LogP contribution is 2.24. The van der Waals surface area contributed by atoms with Crippen molar-refractivity contribution < 1.29 is 29.0 Å². The van der Waals surface area contributed by atoms with Crippen LogP contribution in [-0.2, 0) is 32.0 Å². The highest BCUT2D eigenvalue weighted by molar-refractivity contribution is 5.94. The number of rotatable bonds is 5. The zero-order valence-corrected chi connectivity index (χ0v) is 21.6. The summed E-state index contributed by atoms with van der Waals surface area (Å²) in [5, 5.41) is 12.4. The summed E-state index contributed by atoms with van der Waals surface area (Å²) in [5.41, 5.74) is 1.93. The second-order valence-corrected chi connectivity index (χ2v) is 10.2. The van der Waals surface area contributed by atoms with Crippen LogP contribution in [0.4, 0.5) is 0 Å². The van der Waals surface area contributed by atoms with Gasteiger partial charge in [0.1, 0.15) is 11.8 Å². The van der Waals surface area contributed by atoms with Crippen LogP contribution in [0.2, 0.25) is 0 Å². The Hall–Kier alpha value is -3.68. The molecule has 2 amide bonds. The van der Waals surface area contributed by atoms with Crippen molar-refractivity contribution in [2.24, 2.45) is 5.92 Å². The van der Waals surface area contributed by atoms with E-state index in [0.717, 1.165) is 11.1 Å². The summed E-state index contributed by atoms with van der Waals surface area (Å²) in [4.78, 5) is 53.4. The number of benzene rings is 2. The Morgan fingerprint density at radius 1 is 1.00 bits per heavy atom. The minimum Gasteiger partial charge on any atom is -0.494 e. The zero-order valence-electron chi connectivity index (χ0n) is 21.6. The first-order valence-corrected chi connectivity index (χ1v) is 13.5. The molecule has 0 saturated carbocycles. The molecule has 0 aromatic heterocycles. The van der Waals surface area contributed by atoms with Gasteiger partial charge in [0.25, 0.3) is 0 Å². The van der Waals surface area contributed by atoms with Crippen LogP contribution in [0.25, 0.3) is 0 Å². The molecule has 3 atom stereocenters. The van der Waals surface area contributed by atoms with E-state index in [4.69, 9.17) is 4.74 Å². The van der Waals surface area contributed by atoms with Crippen molar-refractivity contribution in [3.8, 4) is 5.75 Å². The number of amides is 2. The molecule has 2 N–H and O–H groups in total. The zero-order chi connectivity index (χ0) is 26.9. The Kier molecular flexibility index (Phi) is 9.51. The van der Waals surface area contributed by atoms with Crippen molar-refractivity contribution in [3.63, 3.8) is 0 Å². The van der Waals surface area contributed by atoms with Gasteiger partial charge < -0.3 is 20.1 Å². The lowest BCUT2D eigenvalue weighted by molar-refractivity contribution is -0.143. The molecule has 1 fully saturated rings. The number of carbonyl (C=O) groups excluding carboxylic acids is 3. The van der Waals surface area contributed by atoms with Crippen molar-refractivity contribution in [1.29, 1.82) is 0 Å². The molecule has 0 radical (unpaired) electrons. The number of ketones is 1. The molecule has 1 saturated heterocycles. The molecule has 8 nitrogen and oxygen atoms in total. The largest absolute Gasteiger partial charge is 0.494 e. The van der Waals surface area contributed by atoms with E-state index in [9.17, 15) is 24.3 Å². The first-order valence-electron chi connectivity index (χ1n) is 13.5. The average molecular weight is 521 g/mol. The van der Waals surface area contributed by atoms with Gasteiger partial charge in [-0.25, -0.2) is 4.79 Å². The van der Waals surface area contributed by atoms with E-state index in [1.807, 2.05) is 54.6 Å². The first-order chi connectivity index (χ1) is 18.4. The number of nitrogens with one attached hydrogen (secondary N) is 1. The molecule has 0 aliphatic carbocycles. The van der Waals surface area contributed by atoms with Gasteiger partial charge in [-0.2, -0.15) is 0 Å². The number of nitrogens with zero attached hydrogens (tertiary/aromatic N) is 1. The van der Waals surface area contributed by atoms with Gasteiger partial charge in [0, 0.05) is 31.7 Å². The fraction of sp³-hybridized carbons (Fsp3) is 0.467. The number of carboxylic acid groups (broad SMARTS) is 1. The lowest BCUT2D eigenvalue weighted by Gasteiger charge is -2.29. The molecular weight excluding hydrogens is 484 g/mol. The third kappa shape index (κ3) is 7.43. The van der Waals surface area contributed by atoms with Crippen LogP contribution in [-0.4, -0.2) is 58.8 Å². The maximum absolute atomic E-state index is 13.8. The van der Waals surface area contributed by atoms with Crippen molar-refractivity contribution >= 4 is 23.6 Å². The molecule has 38 heavy (non-hydrogen) atoms. The minimum atomic E-state index is -1.10. The smallest absolute Gasteiger partial charge is 0.326 e. The summed E-state index contributed by atoms with van der Waals surface area (Å²) in [5.74, 6) is -1.79. The standard InChI is InChI=1S/C30H36N2O6/c33-27-20-23(15-14-21-8-2-1-3-9-21)29(35)31-25(30(36)37)12-4-5-17-38-24-11-6-10-22(18-24)19-26(27)32-16-7-13-28(32)34/h1-3,6,8-11,18,23,25-26H,4-5,7,12-17,19-20H2,(H,31,35)(H,36,37)/t23-,25+,26+/m1/s1. The van der Waals surface area contributed by atoms with E-state index >= 15 is 0 Å². The van der Waals surface area contributed by atoms with E-state index in [2.05, 4.69) is 5.32 Å². The van der Waals surface area contributed by atoms with Gasteiger partial charge >= 0.3 is 5.97 Å². The number of aliphatic carboxylic acids is 1. The van der Waals surface area contributed by atoms with Gasteiger partial charge in [0.05, 0.1) is 12.6 Å². The molecular formula is C30H36N2O6. The number of hydrogen-bond donors (Lipinski definition) is 2. The Morgan fingerprint density at radius 2 is 1.82 bits per heavy atom. The molecule has 2 aromatic rings. The second-order valence-electron chi connectivity index (χ2n) is 10.2. The number of fused-ring (bicyclic) bond motifs is 2. The van der Waals surface area contributed by atoms with Gasteiger partial charge in [-0.3, -0.25) is 14.4 Å². The highest BCUT2D eigenvalue weighted by Gasteiger charge is 2.35. The Balaban J connectivity index is 1.62. The summed E-state index contributed by atoms with van der Waals surface area (Å²) in [7, 11) is 0. The van der Waals surface area contributed by atoms with E-state index < -0.39 is 29.9 Å². The molecule has 4 rings (SSSR count). The van der Waals surface area contributed by atoms with Crippen LogP contribution >= 0.6 is 0 Å². The molecule has 0 spiro atoms. The van der Waals surface area contributed by atoms with Crippen LogP contribution < -0.4 is 10.1 Å². The summed E-state index contributed by atoms with van der Waals surface area (Å²) >= 11 is 0. The van der Waals surface area contributed by atoms with Gasteiger partial charge in [0.2, 0.25) is 11.8 Å². The highest BCUT2D eigenvalue weighted by atomic mass is 16.5. The molecule has 2 aromatic carbocycles. The fourth-order valence-corrected chi connectivity index (χ4v) is 5.26. The van der Waals surface area contributed by atoms with E-state index in [0.29, 0.717) is 63.8 Å². The summed E-state index contributed by atoms with van der Waals surface area (Å²) in [6.07, 6.45) is 3.86. The Labute approximate surface area is 223 Å². The van der Waals surface area contributed by atoms with Crippen molar-refractivity contribution in [3.05, 3.63) is 65.7 Å². The number of Topliss-reactive ketones (excluding diaryl/α,β-unsaturated/α-hetero) is 1. The topological polar surface area (TPSA) is 113 Å². The molecule has 202 valence electrons. The maximum atomic E-state index is 13.8. The maximum Gasteiger partial charge on any atom is 0.326 e. The second kappa shape index (κ2) is 13.2. The summed E-state index contributed by atoms with van der Waals surface area (Å²) in [6.45, 7) is 0.920. The number of hydrogen-bond acceptors (Lipinski definition) is 5. The van der Waals surface area contributed by atoms with Gasteiger partial charge in [-0.1, -0.05) is 42.5 Å². The van der Waals surface area contributed by atoms with Gasteiger partial charge in [-0.05, 0) is 61.8 Å². The van der Waals surface area contributed by atoms with Crippen LogP contribution in [0.1, 0.15) is 56.1 Å². The van der Waals surface area contributed by atoms with Crippen molar-refractivity contribution in [2.75, 3.05) is 13.2 Å². The van der Waals surface area contributed by atoms with E-state index in [-0.39, 0.29) is 24.5 Å². The number of likely N-dealkylation sites (tertiary alicyclic amines) is 1. The lowest BCUT2D eigenvalue weighted by Crippen LogP contribution is -2.47. The molecule has 8 heteroatoms. The normalized spacial score (nSPS) is 23.5. The predicted octanol–water partition coefficient (Wildman–Crippen LogP) is 3.56. The molecule has 2 heterocycles. The van der Waals surface area contributed by atoms with Gasteiger partial charge in [-0.15, -0.1) is 0 Å². The van der Waals surface area contributed by atoms with Crippen LogP contribution in [0.15, 0.2) is 54.6 Å². The van der Waals surface area contributed by atoms with Crippen molar-refractivity contribution in [2.45, 2.75) is 69.9 Å². The lowest BCUT2D eigenvalue weighted by atomic mass is 9.89. The summed E-state index contributed by atoms with van der Waals surface area (Å²) < 4.78 is 5.86.